The topological polar surface area (TPSA) is 92.7 Å². The summed E-state index contributed by atoms with van der Waals surface area (Å²) in [6, 6.07) is 14.8. The normalized spacial score (nSPS) is 13.0. The van der Waals surface area contributed by atoms with E-state index in [4.69, 9.17) is 6.17 Å². The van der Waals surface area contributed by atoms with Gasteiger partial charge in [-0.3, -0.25) is 9.59 Å². The molecule has 2 rings (SSSR count). The molecule has 6 nitrogen and oxygen atoms in total. The van der Waals surface area contributed by atoms with Crippen LogP contribution in [0.5, 0.6) is 5.75 Å². The lowest BCUT2D eigenvalue weighted by atomic mass is 9.99. The molecule has 1 amide bonds. The standard InChI is InChI=1S/C22H25NO5S/c1-3-28-22(27)20(17-9-11-19(25)12-10-17)23-21(26)18(14-29-15(2)24)13-16-7-5-4-6-8-16/h4-12,18,20,25H,3,13-14H2,1-2H3,(H,23,26)/i/hD. The second-order valence-corrected chi connectivity index (χ2v) is 7.65. The van der Waals surface area contributed by atoms with Crippen LogP contribution in [0.1, 0.15) is 31.0 Å². The van der Waals surface area contributed by atoms with Crippen LogP contribution in [0.25, 0.3) is 0 Å². The molecule has 154 valence electrons. The van der Waals surface area contributed by atoms with Gasteiger partial charge in [-0.05, 0) is 36.6 Å². The molecule has 0 bridgehead atoms. The fourth-order valence-corrected chi connectivity index (χ4v) is 3.47. The summed E-state index contributed by atoms with van der Waals surface area (Å²) in [5.41, 5.74) is 1.48. The van der Waals surface area contributed by atoms with Crippen LogP contribution in [0.3, 0.4) is 0 Å². The number of ether oxygens (including phenoxy) is 1. The van der Waals surface area contributed by atoms with Crippen molar-refractivity contribution in [2.24, 2.45) is 5.92 Å². The Balaban J connectivity index is 2.22. The number of esters is 1. The third-order valence-corrected chi connectivity index (χ3v) is 5.18. The molecular formula is C22H25NO5S. The molecule has 0 heterocycles. The quantitative estimate of drug-likeness (QED) is 0.578. The van der Waals surface area contributed by atoms with E-state index in [0.29, 0.717) is 23.5 Å². The Kier molecular flexibility index (Phi) is 8.12. The highest BCUT2D eigenvalue weighted by Crippen LogP contribution is 2.21. The molecule has 2 aromatic carbocycles. The number of carbonyl (C=O) groups excluding carboxylic acids is 3. The van der Waals surface area contributed by atoms with E-state index in [1.54, 1.807) is 19.1 Å². The third-order valence-electron chi connectivity index (χ3n) is 4.21. The SMILES string of the molecule is [2H]Oc1ccc(C(NC(=O)C(CSC(C)=O)Cc2ccccc2)C(=O)OCC)cc1. The molecule has 0 radical (unpaired) electrons. The molecule has 0 aliphatic carbocycles. The van der Waals surface area contributed by atoms with Crippen LogP contribution in [0.15, 0.2) is 54.6 Å². The van der Waals surface area contributed by atoms with Gasteiger partial charge in [0.25, 0.3) is 1.43 Å². The molecular weight excluding hydrogens is 390 g/mol. The second kappa shape index (κ2) is 11.3. The van der Waals surface area contributed by atoms with E-state index < -0.39 is 17.9 Å². The number of hydrogen-bond donors (Lipinski definition) is 2. The van der Waals surface area contributed by atoms with Gasteiger partial charge in [-0.1, -0.05) is 54.2 Å². The summed E-state index contributed by atoms with van der Waals surface area (Å²) in [6.45, 7) is 3.32. The molecule has 0 fully saturated rings. The molecule has 7 heteroatoms. The third kappa shape index (κ3) is 7.27. The summed E-state index contributed by atoms with van der Waals surface area (Å²) in [4.78, 5) is 37.0. The van der Waals surface area contributed by atoms with E-state index in [9.17, 15) is 14.4 Å². The first-order chi connectivity index (χ1) is 14.4. The van der Waals surface area contributed by atoms with Crippen molar-refractivity contribution in [3.8, 4) is 5.75 Å². The van der Waals surface area contributed by atoms with Gasteiger partial charge in [0.15, 0.2) is 11.2 Å². The minimum absolute atomic E-state index is 0.0752. The van der Waals surface area contributed by atoms with Crippen molar-refractivity contribution in [2.45, 2.75) is 26.3 Å². The molecule has 0 aromatic heterocycles. The monoisotopic (exact) mass is 416 g/mol. The number of amides is 1. The van der Waals surface area contributed by atoms with Crippen LogP contribution in [0.2, 0.25) is 0 Å². The Bertz CT molecular complexity index is 844. The zero-order chi connectivity index (χ0) is 21.9. The van der Waals surface area contributed by atoms with Gasteiger partial charge in [0, 0.05) is 12.7 Å². The molecule has 29 heavy (non-hydrogen) atoms. The van der Waals surface area contributed by atoms with Gasteiger partial charge in [0.05, 0.1) is 12.5 Å². The van der Waals surface area contributed by atoms with Crippen molar-refractivity contribution in [2.75, 3.05) is 12.4 Å². The van der Waals surface area contributed by atoms with Crippen LogP contribution in [0, 0.1) is 5.92 Å². The fraction of sp³-hybridized carbons (Fsp3) is 0.318. The largest absolute Gasteiger partial charge is 0.508 e. The molecule has 0 aliphatic heterocycles. The lowest BCUT2D eigenvalue weighted by Gasteiger charge is -2.22. The van der Waals surface area contributed by atoms with Crippen LogP contribution >= 0.6 is 11.8 Å². The van der Waals surface area contributed by atoms with E-state index >= 15 is 0 Å². The maximum atomic E-state index is 13.1. The average molecular weight is 417 g/mol. The fourth-order valence-electron chi connectivity index (χ4n) is 2.77. The minimum Gasteiger partial charge on any atom is -0.508 e. The van der Waals surface area contributed by atoms with Gasteiger partial charge in [-0.2, -0.15) is 0 Å². The van der Waals surface area contributed by atoms with E-state index in [0.717, 1.165) is 17.3 Å². The maximum Gasteiger partial charge on any atom is 0.333 e. The number of thioether (sulfide) groups is 1. The number of aromatic hydroxyl groups is 1. The Hall–Kier alpha value is -2.80. The number of nitrogens with one attached hydrogen (secondary N) is 1. The molecule has 0 spiro atoms. The summed E-state index contributed by atoms with van der Waals surface area (Å²) in [5.74, 6) is -0.812. The van der Waals surface area contributed by atoms with E-state index in [1.807, 2.05) is 30.3 Å². The Morgan fingerprint density at radius 3 is 2.41 bits per heavy atom. The van der Waals surface area contributed by atoms with Gasteiger partial charge in [0.2, 0.25) is 5.91 Å². The maximum absolute atomic E-state index is 13.1. The van der Waals surface area contributed by atoms with Crippen molar-refractivity contribution in [3.63, 3.8) is 0 Å². The summed E-state index contributed by atoms with van der Waals surface area (Å²) in [7, 11) is 0. The van der Waals surface area contributed by atoms with Gasteiger partial charge in [-0.15, -0.1) is 0 Å². The first kappa shape index (κ1) is 20.9. The van der Waals surface area contributed by atoms with Crippen LogP contribution in [-0.2, 0) is 25.5 Å². The summed E-state index contributed by atoms with van der Waals surface area (Å²) in [6.07, 6.45) is 0.439. The highest BCUT2D eigenvalue weighted by Gasteiger charge is 2.28. The van der Waals surface area contributed by atoms with Crippen molar-refractivity contribution in [3.05, 3.63) is 65.7 Å². The van der Waals surface area contributed by atoms with Crippen LogP contribution in [-0.4, -0.2) is 35.9 Å². The number of rotatable bonds is 10. The van der Waals surface area contributed by atoms with E-state index in [2.05, 4.69) is 10.4 Å². The van der Waals surface area contributed by atoms with Crippen molar-refractivity contribution < 1.29 is 24.2 Å². The zero-order valence-corrected chi connectivity index (χ0v) is 17.2. The lowest BCUT2D eigenvalue weighted by molar-refractivity contribution is -0.148. The molecule has 0 aliphatic rings. The van der Waals surface area contributed by atoms with Gasteiger partial charge >= 0.3 is 5.97 Å². The Morgan fingerprint density at radius 2 is 1.83 bits per heavy atom. The van der Waals surface area contributed by atoms with Crippen molar-refractivity contribution in [1.82, 2.24) is 5.32 Å². The zero-order valence-electron chi connectivity index (χ0n) is 17.4. The predicted octanol–water partition coefficient (Wildman–Crippen LogP) is 3.25. The minimum atomic E-state index is -1.00. The van der Waals surface area contributed by atoms with Crippen LogP contribution < -0.4 is 5.32 Å². The molecule has 2 unspecified atom stereocenters. The summed E-state index contributed by atoms with van der Waals surface area (Å²) < 4.78 is 12.1. The van der Waals surface area contributed by atoms with E-state index in [1.165, 1.54) is 19.1 Å². The summed E-state index contributed by atoms with van der Waals surface area (Å²) >= 11 is 1.08. The number of carbonyl (C=O) groups is 3. The molecule has 0 saturated carbocycles. The molecule has 2 atom stereocenters. The number of benzene rings is 2. The van der Waals surface area contributed by atoms with Gasteiger partial charge in [-0.25, -0.2) is 4.79 Å². The number of phenols is 1. The Labute approximate surface area is 176 Å². The van der Waals surface area contributed by atoms with Gasteiger partial charge < -0.3 is 15.2 Å². The molecule has 2 aromatic rings. The summed E-state index contributed by atoms with van der Waals surface area (Å²) in [5, 5.41) is 7.11. The van der Waals surface area contributed by atoms with Crippen molar-refractivity contribution >= 4 is 28.8 Å². The van der Waals surface area contributed by atoms with Crippen LogP contribution in [0.4, 0.5) is 0 Å². The van der Waals surface area contributed by atoms with Crippen molar-refractivity contribution in [1.29, 1.82) is 1.43 Å². The molecule has 0 saturated heterocycles. The second-order valence-electron chi connectivity index (χ2n) is 6.45. The first-order valence-corrected chi connectivity index (χ1v) is 10.3. The first-order valence-electron chi connectivity index (χ1n) is 9.72. The highest BCUT2D eigenvalue weighted by atomic mass is 32.2. The number of hydrogen-bond acceptors (Lipinski definition) is 6. The smallest absolute Gasteiger partial charge is 0.333 e. The lowest BCUT2D eigenvalue weighted by Crippen LogP contribution is -2.40. The average Bonchev–Trinajstić information content (AvgIpc) is 2.75. The highest BCUT2D eigenvalue weighted by molar-refractivity contribution is 8.13. The predicted molar refractivity (Wildman–Crippen MR) is 112 cm³/mol. The number of phenolic OH excluding ortho intramolecular Hbond substituents is 1. The Morgan fingerprint density at radius 1 is 1.14 bits per heavy atom. The van der Waals surface area contributed by atoms with E-state index in [-0.39, 0.29) is 17.6 Å². The van der Waals surface area contributed by atoms with Gasteiger partial charge in [0.1, 0.15) is 5.75 Å². The molecule has 2 N–H and O–H groups in total.